The zero-order valence-electron chi connectivity index (χ0n) is 10.7. The number of nitro groups is 1. The standard InChI is InChI=1S/C7H4N2O3.C7H5NO/c10-5-8-6-1-3-7(4-2-6)9(11)12;9-6-8-7-4-2-1-3-5-7/h1-4H;1-5H. The second kappa shape index (κ2) is 8.66. The summed E-state index contributed by atoms with van der Waals surface area (Å²) in [5.74, 6) is 0. The summed E-state index contributed by atoms with van der Waals surface area (Å²) in [7, 11) is 0. The molecule has 0 N–H and O–H groups in total. The van der Waals surface area contributed by atoms with Gasteiger partial charge in [0.2, 0.25) is 12.2 Å². The zero-order valence-corrected chi connectivity index (χ0v) is 10.7. The third-order valence-electron chi connectivity index (χ3n) is 2.17. The third kappa shape index (κ3) is 5.85. The summed E-state index contributed by atoms with van der Waals surface area (Å²) in [5.41, 5.74) is 0.975. The lowest BCUT2D eigenvalue weighted by molar-refractivity contribution is -0.384. The van der Waals surface area contributed by atoms with E-state index in [1.807, 2.05) is 18.2 Å². The number of isocyanates is 2. The van der Waals surface area contributed by atoms with Gasteiger partial charge < -0.3 is 0 Å². The Labute approximate surface area is 119 Å². The molecular formula is C14H9N3O4. The smallest absolute Gasteiger partial charge is 0.258 e. The number of para-hydroxylation sites is 1. The Hall–Kier alpha value is -3.40. The average Bonchev–Trinajstić information content (AvgIpc) is 2.50. The van der Waals surface area contributed by atoms with Gasteiger partial charge in [-0.3, -0.25) is 10.1 Å². The third-order valence-corrected chi connectivity index (χ3v) is 2.17. The lowest BCUT2D eigenvalue weighted by atomic mass is 10.3. The highest BCUT2D eigenvalue weighted by Gasteiger charge is 2.02. The predicted octanol–water partition coefficient (Wildman–Crippen LogP) is 3.22. The Balaban J connectivity index is 0.000000219. The molecule has 0 amide bonds. The van der Waals surface area contributed by atoms with Gasteiger partial charge in [0.25, 0.3) is 5.69 Å². The van der Waals surface area contributed by atoms with Crippen LogP contribution in [-0.2, 0) is 9.59 Å². The molecule has 0 bridgehead atoms. The van der Waals surface area contributed by atoms with E-state index in [2.05, 4.69) is 9.98 Å². The fourth-order valence-electron chi connectivity index (χ4n) is 1.26. The van der Waals surface area contributed by atoms with Gasteiger partial charge in [-0.1, -0.05) is 18.2 Å². The molecule has 0 atom stereocenters. The number of non-ortho nitro benzene ring substituents is 1. The highest BCUT2D eigenvalue weighted by atomic mass is 16.6. The van der Waals surface area contributed by atoms with E-state index in [-0.39, 0.29) is 5.69 Å². The number of rotatable bonds is 3. The SMILES string of the molecule is O=C=Nc1ccc([N+](=O)[O-])cc1.O=C=Nc1ccccc1. The molecule has 2 aromatic carbocycles. The van der Waals surface area contributed by atoms with Gasteiger partial charge in [0.05, 0.1) is 16.3 Å². The lowest BCUT2D eigenvalue weighted by Crippen LogP contribution is -1.85. The maximum Gasteiger partial charge on any atom is 0.269 e. The van der Waals surface area contributed by atoms with Crippen LogP contribution in [0.5, 0.6) is 0 Å². The highest BCUT2D eigenvalue weighted by Crippen LogP contribution is 2.16. The van der Waals surface area contributed by atoms with Gasteiger partial charge in [-0.25, -0.2) is 9.59 Å². The average molecular weight is 283 g/mol. The first-order valence-electron chi connectivity index (χ1n) is 5.62. The van der Waals surface area contributed by atoms with E-state index in [1.54, 1.807) is 12.1 Å². The van der Waals surface area contributed by atoms with E-state index < -0.39 is 4.92 Å². The van der Waals surface area contributed by atoms with Crippen molar-refractivity contribution in [2.24, 2.45) is 9.98 Å². The summed E-state index contributed by atoms with van der Waals surface area (Å²) in [5, 5.41) is 10.2. The molecule has 0 spiro atoms. The largest absolute Gasteiger partial charge is 0.269 e. The summed E-state index contributed by atoms with van der Waals surface area (Å²) in [4.78, 5) is 35.8. The fourth-order valence-corrected chi connectivity index (χ4v) is 1.26. The summed E-state index contributed by atoms with van der Waals surface area (Å²) in [6.07, 6.45) is 2.80. The Morgan fingerprint density at radius 3 is 1.71 bits per heavy atom. The minimum atomic E-state index is -0.519. The number of carbonyl (C=O) groups excluding carboxylic acids is 2. The van der Waals surface area contributed by atoms with Crippen LogP contribution in [0.25, 0.3) is 0 Å². The van der Waals surface area contributed by atoms with Gasteiger partial charge in [-0.2, -0.15) is 9.98 Å². The summed E-state index contributed by atoms with van der Waals surface area (Å²) in [6.45, 7) is 0. The van der Waals surface area contributed by atoms with Crippen LogP contribution in [0.4, 0.5) is 17.1 Å². The van der Waals surface area contributed by atoms with Crippen molar-refractivity contribution in [1.82, 2.24) is 0 Å². The summed E-state index contributed by atoms with van der Waals surface area (Å²) >= 11 is 0. The molecule has 0 aliphatic heterocycles. The van der Waals surface area contributed by atoms with Crippen molar-refractivity contribution in [1.29, 1.82) is 0 Å². The zero-order chi connectivity index (χ0) is 15.5. The molecular weight excluding hydrogens is 274 g/mol. The highest BCUT2D eigenvalue weighted by molar-refractivity contribution is 5.51. The van der Waals surface area contributed by atoms with E-state index in [0.717, 1.165) is 0 Å². The molecule has 7 nitrogen and oxygen atoms in total. The molecule has 0 fully saturated rings. The van der Waals surface area contributed by atoms with Crippen molar-refractivity contribution < 1.29 is 14.5 Å². The Bertz CT molecular complexity index is 665. The van der Waals surface area contributed by atoms with Crippen LogP contribution in [0.1, 0.15) is 0 Å². The van der Waals surface area contributed by atoms with Crippen LogP contribution in [-0.4, -0.2) is 17.1 Å². The number of hydrogen-bond donors (Lipinski definition) is 0. The molecule has 0 saturated heterocycles. The van der Waals surface area contributed by atoms with Gasteiger partial charge in [0.1, 0.15) is 0 Å². The quantitative estimate of drug-likeness (QED) is 0.373. The van der Waals surface area contributed by atoms with E-state index >= 15 is 0 Å². The van der Waals surface area contributed by atoms with Gasteiger partial charge in [0.15, 0.2) is 0 Å². The number of hydrogen-bond acceptors (Lipinski definition) is 6. The molecule has 7 heteroatoms. The van der Waals surface area contributed by atoms with Crippen LogP contribution < -0.4 is 0 Å². The first kappa shape index (κ1) is 15.7. The van der Waals surface area contributed by atoms with Crippen molar-refractivity contribution in [3.63, 3.8) is 0 Å². The van der Waals surface area contributed by atoms with Gasteiger partial charge in [0, 0.05) is 12.1 Å². The monoisotopic (exact) mass is 283 g/mol. The Morgan fingerprint density at radius 2 is 1.29 bits per heavy atom. The van der Waals surface area contributed by atoms with E-state index in [9.17, 15) is 19.7 Å². The molecule has 0 heterocycles. The topological polar surface area (TPSA) is 102 Å². The minimum absolute atomic E-state index is 0.0279. The molecule has 0 saturated carbocycles. The van der Waals surface area contributed by atoms with Crippen molar-refractivity contribution in [2.75, 3.05) is 0 Å². The molecule has 104 valence electrons. The molecule has 0 aliphatic rings. The number of nitro benzene ring substituents is 1. The van der Waals surface area contributed by atoms with Gasteiger partial charge >= 0.3 is 0 Å². The maximum atomic E-state index is 10.2. The van der Waals surface area contributed by atoms with Crippen LogP contribution in [0, 0.1) is 10.1 Å². The first-order valence-corrected chi connectivity index (χ1v) is 5.62. The van der Waals surface area contributed by atoms with Gasteiger partial charge in [-0.05, 0) is 24.3 Å². The minimum Gasteiger partial charge on any atom is -0.258 e. The van der Waals surface area contributed by atoms with E-state index in [4.69, 9.17) is 0 Å². The van der Waals surface area contributed by atoms with Crippen LogP contribution in [0.2, 0.25) is 0 Å². The Kier molecular flexibility index (Phi) is 6.46. The van der Waals surface area contributed by atoms with Gasteiger partial charge in [-0.15, -0.1) is 0 Å². The van der Waals surface area contributed by atoms with Crippen molar-refractivity contribution in [2.45, 2.75) is 0 Å². The fraction of sp³-hybridized carbons (Fsp3) is 0. The molecule has 2 rings (SSSR count). The number of benzene rings is 2. The number of nitrogens with zero attached hydrogens (tertiary/aromatic N) is 3. The molecule has 0 unspecified atom stereocenters. The second-order valence-electron chi connectivity index (χ2n) is 3.52. The Morgan fingerprint density at radius 1 is 0.810 bits per heavy atom. The first-order chi connectivity index (χ1) is 10.2. The summed E-state index contributed by atoms with van der Waals surface area (Å²) in [6, 6.07) is 14.3. The normalized spacial score (nSPS) is 8.38. The van der Waals surface area contributed by atoms with Crippen molar-refractivity contribution in [3.8, 4) is 0 Å². The predicted molar refractivity (Wildman–Crippen MR) is 75.1 cm³/mol. The lowest BCUT2D eigenvalue weighted by Gasteiger charge is -1.89. The molecule has 0 radical (unpaired) electrons. The molecule has 21 heavy (non-hydrogen) atoms. The van der Waals surface area contributed by atoms with Crippen LogP contribution >= 0.6 is 0 Å². The molecule has 2 aromatic rings. The van der Waals surface area contributed by atoms with Crippen LogP contribution in [0.15, 0.2) is 64.6 Å². The molecule has 0 aliphatic carbocycles. The van der Waals surface area contributed by atoms with E-state index in [1.165, 1.54) is 36.4 Å². The molecule has 0 aromatic heterocycles. The maximum absolute atomic E-state index is 10.2. The second-order valence-corrected chi connectivity index (χ2v) is 3.52. The van der Waals surface area contributed by atoms with Crippen molar-refractivity contribution >= 4 is 29.2 Å². The number of aliphatic imine (C=N–C) groups is 2. The summed E-state index contributed by atoms with van der Waals surface area (Å²) < 4.78 is 0. The van der Waals surface area contributed by atoms with Crippen molar-refractivity contribution in [3.05, 3.63) is 64.7 Å². The van der Waals surface area contributed by atoms with Crippen LogP contribution in [0.3, 0.4) is 0 Å². The van der Waals surface area contributed by atoms with E-state index in [0.29, 0.717) is 11.4 Å².